The van der Waals surface area contributed by atoms with E-state index in [9.17, 15) is 9.59 Å². The van der Waals surface area contributed by atoms with Gasteiger partial charge in [0.2, 0.25) is 0 Å². The van der Waals surface area contributed by atoms with Crippen molar-refractivity contribution in [2.24, 2.45) is 0 Å². The van der Waals surface area contributed by atoms with Crippen LogP contribution in [0.4, 0.5) is 0 Å². The van der Waals surface area contributed by atoms with E-state index in [-0.39, 0.29) is 16.7 Å². The average Bonchev–Trinajstić information content (AvgIpc) is 3.21. The standard InChI is InChI=1S/C23H25ClN2O4S/c1-29-16-7-8-18(20(15-16)30-2)21(27)25-11-9-23(10-12-25)26(13-14-31-23)22(28)17-5-3-4-6-19(17)24/h3-8,15H,9-14H2,1-2H3. The van der Waals surface area contributed by atoms with Crippen molar-refractivity contribution in [1.29, 1.82) is 0 Å². The zero-order chi connectivity index (χ0) is 22.0. The van der Waals surface area contributed by atoms with Crippen molar-refractivity contribution in [3.63, 3.8) is 0 Å². The van der Waals surface area contributed by atoms with E-state index in [1.807, 2.05) is 33.7 Å². The Morgan fingerprint density at radius 2 is 1.71 bits per heavy atom. The van der Waals surface area contributed by atoms with Gasteiger partial charge in [0.25, 0.3) is 11.8 Å². The Balaban J connectivity index is 1.49. The molecule has 0 radical (unpaired) electrons. The predicted octanol–water partition coefficient (Wildman–Crippen LogP) is 4.18. The molecule has 4 rings (SSSR count). The number of hydrogen-bond donors (Lipinski definition) is 0. The molecule has 6 nitrogen and oxygen atoms in total. The first-order chi connectivity index (χ1) is 15.0. The van der Waals surface area contributed by atoms with Gasteiger partial charge in [0, 0.05) is 31.5 Å². The Morgan fingerprint density at radius 3 is 2.39 bits per heavy atom. The van der Waals surface area contributed by atoms with Crippen molar-refractivity contribution in [1.82, 2.24) is 9.80 Å². The molecule has 8 heteroatoms. The number of benzene rings is 2. The van der Waals surface area contributed by atoms with Crippen molar-refractivity contribution in [3.05, 3.63) is 58.6 Å². The van der Waals surface area contributed by atoms with Crippen LogP contribution in [0.3, 0.4) is 0 Å². The fourth-order valence-electron chi connectivity index (χ4n) is 4.29. The van der Waals surface area contributed by atoms with Crippen LogP contribution >= 0.6 is 23.4 Å². The molecule has 2 saturated heterocycles. The van der Waals surface area contributed by atoms with Crippen LogP contribution in [0.5, 0.6) is 11.5 Å². The van der Waals surface area contributed by atoms with Gasteiger partial charge in [0.1, 0.15) is 11.5 Å². The molecule has 0 unspecified atom stereocenters. The number of rotatable bonds is 4. The first kappa shape index (κ1) is 21.8. The minimum absolute atomic E-state index is 0.0350. The molecular weight excluding hydrogens is 436 g/mol. The third-order valence-electron chi connectivity index (χ3n) is 6.00. The van der Waals surface area contributed by atoms with Gasteiger partial charge in [0.05, 0.1) is 35.2 Å². The van der Waals surface area contributed by atoms with E-state index in [4.69, 9.17) is 21.1 Å². The molecule has 2 aliphatic heterocycles. The second kappa shape index (κ2) is 9.01. The highest BCUT2D eigenvalue weighted by atomic mass is 35.5. The van der Waals surface area contributed by atoms with Gasteiger partial charge in [-0.05, 0) is 37.1 Å². The van der Waals surface area contributed by atoms with Crippen molar-refractivity contribution in [2.45, 2.75) is 17.7 Å². The Bertz CT molecular complexity index is 991. The molecular formula is C23H25ClN2O4S. The van der Waals surface area contributed by atoms with Gasteiger partial charge in [-0.3, -0.25) is 9.59 Å². The molecule has 1 spiro atoms. The smallest absolute Gasteiger partial charge is 0.257 e. The monoisotopic (exact) mass is 460 g/mol. The van der Waals surface area contributed by atoms with Crippen LogP contribution in [0, 0.1) is 0 Å². The quantitative estimate of drug-likeness (QED) is 0.685. The minimum Gasteiger partial charge on any atom is -0.497 e. The maximum atomic E-state index is 13.2. The molecule has 2 fully saturated rings. The summed E-state index contributed by atoms with van der Waals surface area (Å²) >= 11 is 8.09. The number of halogens is 1. The first-order valence-electron chi connectivity index (χ1n) is 10.2. The number of thioether (sulfide) groups is 1. The Hall–Kier alpha value is -2.38. The van der Waals surface area contributed by atoms with Crippen molar-refractivity contribution >= 4 is 35.2 Å². The number of piperidine rings is 1. The molecule has 2 aromatic carbocycles. The average molecular weight is 461 g/mol. The molecule has 2 heterocycles. The lowest BCUT2D eigenvalue weighted by molar-refractivity contribution is 0.0496. The number of ether oxygens (including phenoxy) is 2. The molecule has 164 valence electrons. The van der Waals surface area contributed by atoms with E-state index < -0.39 is 0 Å². The van der Waals surface area contributed by atoms with E-state index in [0.717, 1.165) is 18.6 Å². The molecule has 0 aliphatic carbocycles. The number of likely N-dealkylation sites (tertiary alicyclic amines) is 1. The molecule has 0 aromatic heterocycles. The number of nitrogens with zero attached hydrogens (tertiary/aromatic N) is 2. The normalized spacial score (nSPS) is 17.6. The molecule has 2 aromatic rings. The highest BCUT2D eigenvalue weighted by Crippen LogP contribution is 2.45. The first-order valence-corrected chi connectivity index (χ1v) is 11.6. The molecule has 2 amide bonds. The van der Waals surface area contributed by atoms with Crippen molar-refractivity contribution < 1.29 is 19.1 Å². The number of carbonyl (C=O) groups excluding carboxylic acids is 2. The Kier molecular flexibility index (Phi) is 6.34. The summed E-state index contributed by atoms with van der Waals surface area (Å²) < 4.78 is 10.6. The summed E-state index contributed by atoms with van der Waals surface area (Å²) in [5, 5.41) is 0.471. The summed E-state index contributed by atoms with van der Waals surface area (Å²) in [5.74, 6) is 1.92. The Labute approximate surface area is 191 Å². The van der Waals surface area contributed by atoms with Crippen LogP contribution in [0.1, 0.15) is 33.6 Å². The van der Waals surface area contributed by atoms with Gasteiger partial charge in [0.15, 0.2) is 0 Å². The number of amides is 2. The molecule has 2 aliphatic rings. The maximum Gasteiger partial charge on any atom is 0.257 e. The minimum atomic E-state index is -0.295. The highest BCUT2D eigenvalue weighted by Gasteiger charge is 2.47. The van der Waals surface area contributed by atoms with Crippen molar-refractivity contribution in [2.75, 3.05) is 39.6 Å². The Morgan fingerprint density at radius 1 is 0.968 bits per heavy atom. The lowest BCUT2D eigenvalue weighted by Gasteiger charge is -2.44. The number of methoxy groups -OCH3 is 2. The van der Waals surface area contributed by atoms with Gasteiger partial charge in [-0.1, -0.05) is 23.7 Å². The second-order valence-corrected chi connectivity index (χ2v) is 9.45. The lowest BCUT2D eigenvalue weighted by Crippen LogP contribution is -2.53. The number of carbonyl (C=O) groups is 2. The van der Waals surface area contributed by atoms with Crippen LogP contribution in [0.15, 0.2) is 42.5 Å². The topological polar surface area (TPSA) is 59.1 Å². The molecule has 31 heavy (non-hydrogen) atoms. The van der Waals surface area contributed by atoms with Crippen LogP contribution < -0.4 is 9.47 Å². The van der Waals surface area contributed by atoms with E-state index >= 15 is 0 Å². The van der Waals surface area contributed by atoms with Gasteiger partial charge >= 0.3 is 0 Å². The zero-order valence-electron chi connectivity index (χ0n) is 17.6. The zero-order valence-corrected chi connectivity index (χ0v) is 19.2. The summed E-state index contributed by atoms with van der Waals surface area (Å²) in [7, 11) is 3.12. The van der Waals surface area contributed by atoms with Gasteiger partial charge in [-0.25, -0.2) is 0 Å². The van der Waals surface area contributed by atoms with Gasteiger partial charge < -0.3 is 19.3 Å². The van der Waals surface area contributed by atoms with Crippen LogP contribution in [-0.4, -0.2) is 66.1 Å². The molecule has 0 atom stereocenters. The maximum absolute atomic E-state index is 13.2. The lowest BCUT2D eigenvalue weighted by atomic mass is 10.00. The predicted molar refractivity (Wildman–Crippen MR) is 122 cm³/mol. The second-order valence-electron chi connectivity index (χ2n) is 7.59. The SMILES string of the molecule is COc1ccc(C(=O)N2CCC3(CC2)SCCN3C(=O)c2ccccc2Cl)c(OC)c1. The fourth-order valence-corrected chi connectivity index (χ4v) is 5.97. The third-order valence-corrected chi connectivity index (χ3v) is 7.88. The fraction of sp³-hybridized carbons (Fsp3) is 0.391. The highest BCUT2D eigenvalue weighted by molar-refractivity contribution is 8.00. The molecule has 0 N–H and O–H groups in total. The van der Waals surface area contributed by atoms with E-state index in [1.165, 1.54) is 0 Å². The van der Waals surface area contributed by atoms with Crippen LogP contribution in [0.2, 0.25) is 5.02 Å². The van der Waals surface area contributed by atoms with E-state index in [1.54, 1.807) is 44.6 Å². The number of hydrogen-bond acceptors (Lipinski definition) is 5. The molecule has 0 saturated carbocycles. The summed E-state index contributed by atoms with van der Waals surface area (Å²) in [5.41, 5.74) is 1.05. The summed E-state index contributed by atoms with van der Waals surface area (Å²) in [6.07, 6.45) is 1.44. The van der Waals surface area contributed by atoms with Gasteiger partial charge in [-0.15, -0.1) is 11.8 Å². The summed E-state index contributed by atoms with van der Waals surface area (Å²) in [6, 6.07) is 12.4. The summed E-state index contributed by atoms with van der Waals surface area (Å²) in [4.78, 5) is 29.9. The van der Waals surface area contributed by atoms with E-state index in [0.29, 0.717) is 47.3 Å². The van der Waals surface area contributed by atoms with Crippen LogP contribution in [0.25, 0.3) is 0 Å². The molecule has 0 bridgehead atoms. The third kappa shape index (κ3) is 4.08. The largest absolute Gasteiger partial charge is 0.497 e. The van der Waals surface area contributed by atoms with Crippen LogP contribution in [-0.2, 0) is 0 Å². The van der Waals surface area contributed by atoms with E-state index in [2.05, 4.69) is 0 Å². The van der Waals surface area contributed by atoms with Crippen molar-refractivity contribution in [3.8, 4) is 11.5 Å². The van der Waals surface area contributed by atoms with Gasteiger partial charge in [-0.2, -0.15) is 0 Å². The summed E-state index contributed by atoms with van der Waals surface area (Å²) in [6.45, 7) is 1.84.